The number of benzene rings is 1. The largest absolute Gasteiger partial charge is 0.376 e. The number of ether oxygens (including phenoxy) is 2. The average molecular weight is 358 g/mol. The Morgan fingerprint density at radius 1 is 1.43 bits per heavy atom. The van der Waals surface area contributed by atoms with Crippen molar-refractivity contribution in [2.45, 2.75) is 43.3 Å². The van der Waals surface area contributed by atoms with E-state index in [4.69, 9.17) is 21.1 Å². The lowest BCUT2D eigenvalue weighted by Gasteiger charge is -2.23. The molecule has 1 aromatic carbocycles. The van der Waals surface area contributed by atoms with Crippen LogP contribution < -0.4 is 5.32 Å². The summed E-state index contributed by atoms with van der Waals surface area (Å²) in [6.45, 7) is 3.69. The Balaban J connectivity index is 1.57. The Hall–Kier alpha value is -0.750. The highest BCUT2D eigenvalue weighted by atomic mass is 35.5. The molecule has 0 aromatic heterocycles. The molecule has 1 aliphatic rings. The van der Waals surface area contributed by atoms with Gasteiger partial charge in [0, 0.05) is 28.8 Å². The van der Waals surface area contributed by atoms with Crippen LogP contribution in [0.1, 0.15) is 26.2 Å². The normalized spacial score (nSPS) is 19.3. The zero-order valence-corrected chi connectivity index (χ0v) is 15.0. The van der Waals surface area contributed by atoms with Crippen molar-refractivity contribution in [1.82, 2.24) is 5.32 Å². The monoisotopic (exact) mass is 357 g/mol. The van der Waals surface area contributed by atoms with Crippen LogP contribution in [-0.2, 0) is 14.3 Å². The zero-order chi connectivity index (χ0) is 16.5. The summed E-state index contributed by atoms with van der Waals surface area (Å²) < 4.78 is 11.2. The summed E-state index contributed by atoms with van der Waals surface area (Å²) in [7, 11) is 0. The first kappa shape index (κ1) is 18.6. The molecule has 1 amide bonds. The molecule has 0 spiro atoms. The van der Waals surface area contributed by atoms with Gasteiger partial charge >= 0.3 is 0 Å². The van der Waals surface area contributed by atoms with Crippen molar-refractivity contribution >= 4 is 29.3 Å². The lowest BCUT2D eigenvalue weighted by molar-refractivity contribution is -0.135. The van der Waals surface area contributed by atoms with Crippen molar-refractivity contribution in [3.8, 4) is 0 Å². The van der Waals surface area contributed by atoms with E-state index < -0.39 is 6.10 Å². The number of halogens is 1. The van der Waals surface area contributed by atoms with Crippen LogP contribution in [0, 0.1) is 0 Å². The highest BCUT2D eigenvalue weighted by molar-refractivity contribution is 7.99. The molecule has 1 fully saturated rings. The van der Waals surface area contributed by atoms with Crippen LogP contribution in [0.4, 0.5) is 0 Å². The van der Waals surface area contributed by atoms with E-state index in [1.54, 1.807) is 18.7 Å². The van der Waals surface area contributed by atoms with Crippen LogP contribution >= 0.6 is 23.4 Å². The van der Waals surface area contributed by atoms with Gasteiger partial charge < -0.3 is 14.8 Å². The number of amides is 1. The van der Waals surface area contributed by atoms with Crippen LogP contribution in [-0.4, -0.2) is 43.6 Å². The van der Waals surface area contributed by atoms with Gasteiger partial charge in [-0.15, -0.1) is 11.8 Å². The van der Waals surface area contributed by atoms with Gasteiger partial charge in [0.05, 0.1) is 12.7 Å². The number of hydrogen-bond donors (Lipinski definition) is 1. The van der Waals surface area contributed by atoms with Crippen molar-refractivity contribution in [1.29, 1.82) is 0 Å². The van der Waals surface area contributed by atoms with E-state index >= 15 is 0 Å². The molecule has 23 heavy (non-hydrogen) atoms. The van der Waals surface area contributed by atoms with Crippen LogP contribution in [0.25, 0.3) is 0 Å². The summed E-state index contributed by atoms with van der Waals surface area (Å²) in [6.07, 6.45) is 3.01. The van der Waals surface area contributed by atoms with Crippen LogP contribution in [0.2, 0.25) is 5.02 Å². The maximum Gasteiger partial charge on any atom is 0.248 e. The summed E-state index contributed by atoms with van der Waals surface area (Å²) >= 11 is 7.53. The fraction of sp³-hybridized carbons (Fsp3) is 0.588. The van der Waals surface area contributed by atoms with Crippen molar-refractivity contribution in [3.63, 3.8) is 0 Å². The van der Waals surface area contributed by atoms with Crippen LogP contribution in [0.3, 0.4) is 0 Å². The molecule has 2 rings (SSSR count). The fourth-order valence-electron chi connectivity index (χ4n) is 2.28. The second kappa shape index (κ2) is 10.2. The Bertz CT molecular complexity index is 477. The minimum absolute atomic E-state index is 0.0717. The first-order valence-electron chi connectivity index (χ1n) is 8.04. The zero-order valence-electron chi connectivity index (χ0n) is 13.4. The summed E-state index contributed by atoms with van der Waals surface area (Å²) in [4.78, 5) is 13.1. The topological polar surface area (TPSA) is 47.6 Å². The first-order chi connectivity index (χ1) is 11.1. The van der Waals surface area contributed by atoms with Gasteiger partial charge in [0.2, 0.25) is 5.91 Å². The molecular formula is C17H24ClNO3S. The molecule has 2 atom stereocenters. The summed E-state index contributed by atoms with van der Waals surface area (Å²) in [6, 6.07) is 7.69. The Morgan fingerprint density at radius 2 is 2.22 bits per heavy atom. The van der Waals surface area contributed by atoms with E-state index in [9.17, 15) is 4.79 Å². The number of hydrogen-bond acceptors (Lipinski definition) is 4. The Morgan fingerprint density at radius 3 is 2.91 bits per heavy atom. The molecule has 0 saturated carbocycles. The molecule has 1 aromatic rings. The summed E-state index contributed by atoms with van der Waals surface area (Å²) in [5.74, 6) is 0.740. The number of nitrogens with one attached hydrogen (secondary N) is 1. The van der Waals surface area contributed by atoms with E-state index in [0.717, 1.165) is 35.1 Å². The summed E-state index contributed by atoms with van der Waals surface area (Å²) in [5, 5.41) is 3.63. The SMILES string of the molecule is CC(OCC1CCCCO1)C(=O)NCCSc1ccc(Cl)cc1. The van der Waals surface area contributed by atoms with Crippen molar-refractivity contribution in [2.24, 2.45) is 0 Å². The van der Waals surface area contributed by atoms with Crippen molar-refractivity contribution < 1.29 is 14.3 Å². The van der Waals surface area contributed by atoms with Crippen LogP contribution in [0.5, 0.6) is 0 Å². The van der Waals surface area contributed by atoms with E-state index in [1.807, 2.05) is 24.3 Å². The predicted molar refractivity (Wildman–Crippen MR) is 94.2 cm³/mol. The quantitative estimate of drug-likeness (QED) is 0.571. The molecule has 128 valence electrons. The lowest BCUT2D eigenvalue weighted by atomic mass is 10.1. The molecule has 1 heterocycles. The van der Waals surface area contributed by atoms with Crippen molar-refractivity contribution in [3.05, 3.63) is 29.3 Å². The molecule has 4 nitrogen and oxygen atoms in total. The third kappa shape index (κ3) is 7.12. The molecule has 6 heteroatoms. The Labute approximate surface area is 147 Å². The number of carbonyl (C=O) groups excluding carboxylic acids is 1. The highest BCUT2D eigenvalue weighted by Gasteiger charge is 2.18. The number of thioether (sulfide) groups is 1. The number of carbonyl (C=O) groups is 1. The van der Waals surface area contributed by atoms with Gasteiger partial charge in [-0.1, -0.05) is 11.6 Å². The van der Waals surface area contributed by atoms with Crippen molar-refractivity contribution in [2.75, 3.05) is 25.5 Å². The predicted octanol–water partition coefficient (Wildman–Crippen LogP) is 3.52. The summed E-state index contributed by atoms with van der Waals surface area (Å²) in [5.41, 5.74) is 0. The molecule has 1 N–H and O–H groups in total. The molecule has 0 bridgehead atoms. The maximum atomic E-state index is 12.0. The standard InChI is InChI=1S/C17H24ClNO3S/c1-13(22-12-15-4-2-3-10-21-15)17(20)19-9-11-23-16-7-5-14(18)6-8-16/h5-8,13,15H,2-4,9-12H2,1H3,(H,19,20). The van der Waals surface area contributed by atoms with Gasteiger partial charge in [0.25, 0.3) is 0 Å². The Kier molecular flexibility index (Phi) is 8.23. The van der Waals surface area contributed by atoms with Crippen LogP contribution in [0.15, 0.2) is 29.2 Å². The number of rotatable bonds is 8. The van der Waals surface area contributed by atoms with Gasteiger partial charge in [-0.05, 0) is 50.5 Å². The van der Waals surface area contributed by atoms with E-state index in [1.165, 1.54) is 6.42 Å². The second-order valence-electron chi connectivity index (χ2n) is 5.56. The third-order valence-corrected chi connectivity index (χ3v) is 4.92. The molecule has 1 saturated heterocycles. The molecule has 0 radical (unpaired) electrons. The van der Waals surface area contributed by atoms with E-state index in [-0.39, 0.29) is 12.0 Å². The van der Waals surface area contributed by atoms with Gasteiger partial charge in [0.15, 0.2) is 0 Å². The maximum absolute atomic E-state index is 12.0. The van der Waals surface area contributed by atoms with Gasteiger partial charge in [-0.2, -0.15) is 0 Å². The van der Waals surface area contributed by atoms with E-state index in [2.05, 4.69) is 5.32 Å². The molecule has 1 aliphatic heterocycles. The minimum Gasteiger partial charge on any atom is -0.376 e. The third-order valence-electron chi connectivity index (χ3n) is 3.66. The first-order valence-corrected chi connectivity index (χ1v) is 9.41. The smallest absolute Gasteiger partial charge is 0.248 e. The molecule has 0 aliphatic carbocycles. The minimum atomic E-state index is -0.443. The molecule has 2 unspecified atom stereocenters. The lowest BCUT2D eigenvalue weighted by Crippen LogP contribution is -2.37. The van der Waals surface area contributed by atoms with Gasteiger partial charge in [0.1, 0.15) is 6.10 Å². The average Bonchev–Trinajstić information content (AvgIpc) is 2.59. The van der Waals surface area contributed by atoms with Gasteiger partial charge in [-0.25, -0.2) is 0 Å². The van der Waals surface area contributed by atoms with E-state index in [0.29, 0.717) is 13.2 Å². The molecular weight excluding hydrogens is 334 g/mol. The fourth-order valence-corrected chi connectivity index (χ4v) is 3.18. The second-order valence-corrected chi connectivity index (χ2v) is 7.16. The van der Waals surface area contributed by atoms with Gasteiger partial charge in [-0.3, -0.25) is 4.79 Å². The highest BCUT2D eigenvalue weighted by Crippen LogP contribution is 2.19.